The molecule has 0 radical (unpaired) electrons. The topological polar surface area (TPSA) is 144 Å². The summed E-state index contributed by atoms with van der Waals surface area (Å²) in [6.07, 6.45) is 1.20. The van der Waals surface area contributed by atoms with Gasteiger partial charge in [-0.05, 0) is 49.1 Å². The van der Waals surface area contributed by atoms with E-state index in [0.717, 1.165) is 15.8 Å². The minimum Gasteiger partial charge on any atom is -0.470 e. The zero-order chi connectivity index (χ0) is 20.6. The Bertz CT molecular complexity index is 1060. The van der Waals surface area contributed by atoms with E-state index >= 15 is 0 Å². The summed E-state index contributed by atoms with van der Waals surface area (Å²) in [7, 11) is 0. The second-order valence-corrected chi connectivity index (χ2v) is 6.88. The van der Waals surface area contributed by atoms with Crippen molar-refractivity contribution in [3.8, 4) is 11.4 Å². The average molecular weight is 386 g/mol. The van der Waals surface area contributed by atoms with Crippen LogP contribution < -0.4 is 32.6 Å². The molecule has 10 nitrogen and oxygen atoms in total. The predicted molar refractivity (Wildman–Crippen MR) is 103 cm³/mol. The summed E-state index contributed by atoms with van der Waals surface area (Å²) in [4.78, 5) is 37.5. The van der Waals surface area contributed by atoms with Crippen molar-refractivity contribution in [2.24, 2.45) is 5.92 Å². The van der Waals surface area contributed by atoms with Gasteiger partial charge in [0.05, 0.1) is 5.69 Å². The van der Waals surface area contributed by atoms with E-state index < -0.39 is 17.5 Å². The number of nitrogens with one attached hydrogen (secondary N) is 3. The smallest absolute Gasteiger partial charge is 0.349 e. The Hall–Kier alpha value is -3.40. The van der Waals surface area contributed by atoms with E-state index in [2.05, 4.69) is 20.9 Å². The van der Waals surface area contributed by atoms with Gasteiger partial charge >= 0.3 is 5.69 Å². The van der Waals surface area contributed by atoms with Crippen molar-refractivity contribution in [1.29, 1.82) is 0 Å². The second-order valence-electron chi connectivity index (χ2n) is 6.88. The van der Waals surface area contributed by atoms with Crippen LogP contribution in [0.5, 0.6) is 5.75 Å². The van der Waals surface area contributed by atoms with Gasteiger partial charge in [0.15, 0.2) is 6.23 Å². The Morgan fingerprint density at radius 3 is 2.43 bits per heavy atom. The number of aryl methyl sites for hydroxylation is 2. The fourth-order valence-corrected chi connectivity index (χ4v) is 2.96. The number of H-pyrrole nitrogens is 1. The molecular formula is C18H22N6O4. The van der Waals surface area contributed by atoms with Gasteiger partial charge in [0, 0.05) is 5.57 Å². The molecule has 1 aliphatic rings. The van der Waals surface area contributed by atoms with E-state index in [9.17, 15) is 14.4 Å². The molecule has 2 aromatic rings. The van der Waals surface area contributed by atoms with Crippen LogP contribution in [0.15, 0.2) is 33.4 Å². The van der Waals surface area contributed by atoms with Gasteiger partial charge in [-0.25, -0.2) is 4.79 Å². The van der Waals surface area contributed by atoms with E-state index in [1.54, 1.807) is 18.2 Å². The lowest BCUT2D eigenvalue weighted by Crippen LogP contribution is -2.51. The standard InChI is InChI=1S/C18H22N6O4/c1-8(2)12-7-13(21-22-16(12)25)28-14-9(3)5-11(6-10(14)4)24-18(27)20-17(26)15(19)23-24/h5-8,13,21H,1-4H3,(H2,19,23)(H,22,25)(H,20,26,27). The van der Waals surface area contributed by atoms with Gasteiger partial charge in [-0.15, -0.1) is 5.10 Å². The van der Waals surface area contributed by atoms with Gasteiger partial charge in [-0.1, -0.05) is 13.8 Å². The number of aromatic amines is 1. The van der Waals surface area contributed by atoms with E-state index in [1.165, 1.54) is 0 Å². The molecule has 1 aromatic carbocycles. The van der Waals surface area contributed by atoms with Crippen molar-refractivity contribution in [2.75, 3.05) is 5.73 Å². The first-order chi connectivity index (χ1) is 13.2. The van der Waals surface area contributed by atoms with Gasteiger partial charge in [0.25, 0.3) is 11.5 Å². The normalized spacial score (nSPS) is 16.7. The molecule has 0 fully saturated rings. The molecule has 0 bridgehead atoms. The molecule has 1 atom stereocenters. The molecule has 0 saturated carbocycles. The number of aromatic nitrogens is 3. The number of rotatable bonds is 4. The van der Waals surface area contributed by atoms with Crippen molar-refractivity contribution < 1.29 is 9.53 Å². The molecule has 1 aromatic heterocycles. The van der Waals surface area contributed by atoms with Gasteiger partial charge in [-0.3, -0.25) is 20.0 Å². The average Bonchev–Trinajstić information content (AvgIpc) is 2.62. The Morgan fingerprint density at radius 2 is 1.82 bits per heavy atom. The molecule has 10 heteroatoms. The van der Waals surface area contributed by atoms with Gasteiger partial charge in [0.2, 0.25) is 5.82 Å². The number of amides is 1. The second kappa shape index (κ2) is 7.31. The lowest BCUT2D eigenvalue weighted by Gasteiger charge is -2.26. The van der Waals surface area contributed by atoms with E-state index in [1.807, 2.05) is 27.7 Å². The number of anilines is 1. The molecule has 148 valence electrons. The minimum atomic E-state index is -0.729. The number of hydrazine groups is 1. The van der Waals surface area contributed by atoms with Crippen LogP contribution in [0.25, 0.3) is 5.69 Å². The summed E-state index contributed by atoms with van der Waals surface area (Å²) in [5.41, 5.74) is 12.1. The Morgan fingerprint density at radius 1 is 1.18 bits per heavy atom. The molecule has 0 saturated heterocycles. The third-order valence-electron chi connectivity index (χ3n) is 4.33. The van der Waals surface area contributed by atoms with E-state index in [4.69, 9.17) is 10.5 Å². The number of hydrogen-bond donors (Lipinski definition) is 4. The van der Waals surface area contributed by atoms with Crippen molar-refractivity contribution >= 4 is 11.7 Å². The van der Waals surface area contributed by atoms with Gasteiger partial charge in [0.1, 0.15) is 5.75 Å². The third kappa shape index (κ3) is 3.67. The molecule has 1 amide bonds. The van der Waals surface area contributed by atoms with Crippen molar-refractivity contribution in [3.05, 3.63) is 55.7 Å². The van der Waals surface area contributed by atoms with Gasteiger partial charge < -0.3 is 10.5 Å². The van der Waals surface area contributed by atoms with E-state index in [0.29, 0.717) is 17.0 Å². The Labute approximate surface area is 160 Å². The number of nitrogens with zero attached hydrogens (tertiary/aromatic N) is 2. The minimum absolute atomic E-state index is 0.0569. The van der Waals surface area contributed by atoms with Crippen LogP contribution in [0, 0.1) is 19.8 Å². The lowest BCUT2D eigenvalue weighted by molar-refractivity contribution is -0.120. The summed E-state index contributed by atoms with van der Waals surface area (Å²) in [6, 6.07) is 3.39. The number of nitrogen functional groups attached to an aromatic ring is 1. The highest BCUT2D eigenvalue weighted by Crippen LogP contribution is 2.27. The fourth-order valence-electron chi connectivity index (χ4n) is 2.96. The molecule has 3 rings (SSSR count). The highest BCUT2D eigenvalue weighted by molar-refractivity contribution is 5.94. The van der Waals surface area contributed by atoms with Crippen molar-refractivity contribution in [3.63, 3.8) is 0 Å². The maximum atomic E-state index is 12.0. The predicted octanol–water partition coefficient (Wildman–Crippen LogP) is 0.0415. The summed E-state index contributed by atoms with van der Waals surface area (Å²) < 4.78 is 7.04. The molecule has 5 N–H and O–H groups in total. The number of ether oxygens (including phenoxy) is 1. The summed E-state index contributed by atoms with van der Waals surface area (Å²) in [5.74, 6) is 0.173. The van der Waals surface area contributed by atoms with Crippen LogP contribution in [0.3, 0.4) is 0 Å². The van der Waals surface area contributed by atoms with Crippen molar-refractivity contribution in [1.82, 2.24) is 25.6 Å². The SMILES string of the molecule is Cc1cc(-n2nc(N)c(=O)[nH]c2=O)cc(C)c1OC1C=C(C(C)C)C(=O)NN1. The fraction of sp³-hybridized carbons (Fsp3) is 0.333. The highest BCUT2D eigenvalue weighted by Gasteiger charge is 2.23. The van der Waals surface area contributed by atoms with Crippen LogP contribution >= 0.6 is 0 Å². The molecule has 28 heavy (non-hydrogen) atoms. The number of nitrogens with two attached hydrogens (primary N) is 1. The maximum absolute atomic E-state index is 12.0. The number of benzene rings is 1. The molecule has 0 aliphatic carbocycles. The Kier molecular flexibility index (Phi) is 5.06. The summed E-state index contributed by atoms with van der Waals surface area (Å²) in [5, 5.41) is 3.84. The van der Waals surface area contributed by atoms with Gasteiger partial charge in [-0.2, -0.15) is 10.1 Å². The Balaban J connectivity index is 1.96. The number of carbonyl (C=O) groups is 1. The molecule has 1 aliphatic heterocycles. The van der Waals surface area contributed by atoms with Crippen LogP contribution in [0.4, 0.5) is 5.82 Å². The van der Waals surface area contributed by atoms with Crippen LogP contribution in [-0.2, 0) is 4.79 Å². The maximum Gasteiger partial charge on any atom is 0.349 e. The molecular weight excluding hydrogens is 364 g/mol. The highest BCUT2D eigenvalue weighted by atomic mass is 16.5. The largest absolute Gasteiger partial charge is 0.470 e. The number of carbonyl (C=O) groups excluding carboxylic acids is 1. The van der Waals surface area contributed by atoms with Crippen LogP contribution in [-0.4, -0.2) is 26.9 Å². The quantitative estimate of drug-likeness (QED) is 0.581. The van der Waals surface area contributed by atoms with Crippen LogP contribution in [0.1, 0.15) is 25.0 Å². The first-order valence-corrected chi connectivity index (χ1v) is 8.72. The number of hydrogen-bond acceptors (Lipinski definition) is 7. The first kappa shape index (κ1) is 19.4. The van der Waals surface area contributed by atoms with E-state index in [-0.39, 0.29) is 17.6 Å². The molecule has 1 unspecified atom stereocenters. The monoisotopic (exact) mass is 386 g/mol. The molecule has 0 spiro atoms. The third-order valence-corrected chi connectivity index (χ3v) is 4.33. The zero-order valence-corrected chi connectivity index (χ0v) is 16.0. The molecule has 2 heterocycles. The zero-order valence-electron chi connectivity index (χ0n) is 16.0. The van der Waals surface area contributed by atoms with Crippen LogP contribution in [0.2, 0.25) is 0 Å². The summed E-state index contributed by atoms with van der Waals surface area (Å²) in [6.45, 7) is 7.50. The summed E-state index contributed by atoms with van der Waals surface area (Å²) >= 11 is 0. The first-order valence-electron chi connectivity index (χ1n) is 8.72. The van der Waals surface area contributed by atoms with Crippen molar-refractivity contribution in [2.45, 2.75) is 33.9 Å². The lowest BCUT2D eigenvalue weighted by atomic mass is 10.0.